The number of nitrogens with zero attached hydrogens (tertiary/aromatic N) is 2. The molecule has 1 aromatic heterocycles. The van der Waals surface area contributed by atoms with Crippen molar-refractivity contribution in [2.45, 2.75) is 31.0 Å². The zero-order valence-electron chi connectivity index (χ0n) is 7.63. The fourth-order valence-corrected chi connectivity index (χ4v) is 1.51. The van der Waals surface area contributed by atoms with E-state index in [1.165, 1.54) is 18.4 Å². The number of halogens is 1. The highest BCUT2D eigenvalue weighted by atomic mass is 79.9. The summed E-state index contributed by atoms with van der Waals surface area (Å²) in [6.07, 6.45) is 7.63. The molecule has 0 saturated carbocycles. The van der Waals surface area contributed by atoms with Crippen molar-refractivity contribution in [3.8, 4) is 0 Å². The Morgan fingerprint density at radius 1 is 1.67 bits per heavy atom. The van der Waals surface area contributed by atoms with Gasteiger partial charge in [0.05, 0.1) is 6.20 Å². The monoisotopic (exact) mass is 230 g/mol. The third kappa shape index (κ3) is 3.39. The summed E-state index contributed by atoms with van der Waals surface area (Å²) in [4.78, 5) is 0.633. The number of hydrogen-bond donors (Lipinski definition) is 0. The topological polar surface area (TPSA) is 17.8 Å². The van der Waals surface area contributed by atoms with E-state index in [9.17, 15) is 0 Å². The van der Waals surface area contributed by atoms with Crippen LogP contribution in [0.15, 0.2) is 12.4 Å². The van der Waals surface area contributed by atoms with Crippen molar-refractivity contribution in [1.29, 1.82) is 0 Å². The largest absolute Gasteiger partial charge is 0.276 e. The molecule has 0 radical (unpaired) electrons. The van der Waals surface area contributed by atoms with Gasteiger partial charge in [-0.25, -0.2) is 0 Å². The average Bonchev–Trinajstić information content (AvgIpc) is 2.35. The SMILES string of the molecule is CC(Br)CCCc1cnn(C)c1. The van der Waals surface area contributed by atoms with Gasteiger partial charge in [0, 0.05) is 18.1 Å². The van der Waals surface area contributed by atoms with Crippen molar-refractivity contribution in [1.82, 2.24) is 9.78 Å². The predicted molar refractivity (Wildman–Crippen MR) is 54.5 cm³/mol. The third-order valence-corrected chi connectivity index (χ3v) is 2.28. The van der Waals surface area contributed by atoms with Crippen LogP contribution in [0.1, 0.15) is 25.3 Å². The lowest BCUT2D eigenvalue weighted by molar-refractivity contribution is 0.733. The zero-order chi connectivity index (χ0) is 8.97. The molecular weight excluding hydrogens is 216 g/mol. The lowest BCUT2D eigenvalue weighted by atomic mass is 10.1. The van der Waals surface area contributed by atoms with Crippen molar-refractivity contribution in [3.63, 3.8) is 0 Å². The molecule has 1 heterocycles. The van der Waals surface area contributed by atoms with Crippen molar-refractivity contribution in [3.05, 3.63) is 18.0 Å². The molecule has 1 unspecified atom stereocenters. The molecule has 0 amide bonds. The first-order valence-electron chi connectivity index (χ1n) is 4.30. The van der Waals surface area contributed by atoms with Gasteiger partial charge >= 0.3 is 0 Å². The van der Waals surface area contributed by atoms with Crippen molar-refractivity contribution < 1.29 is 0 Å². The molecule has 0 aliphatic heterocycles. The molecule has 0 aliphatic carbocycles. The van der Waals surface area contributed by atoms with Crippen LogP contribution in [0.25, 0.3) is 0 Å². The van der Waals surface area contributed by atoms with Crippen molar-refractivity contribution in [2.24, 2.45) is 7.05 Å². The normalized spacial score (nSPS) is 13.2. The minimum atomic E-state index is 0.633. The van der Waals surface area contributed by atoms with Crippen LogP contribution in [-0.4, -0.2) is 14.6 Å². The van der Waals surface area contributed by atoms with Gasteiger partial charge < -0.3 is 0 Å². The minimum absolute atomic E-state index is 0.633. The van der Waals surface area contributed by atoms with E-state index in [-0.39, 0.29) is 0 Å². The number of hydrogen-bond acceptors (Lipinski definition) is 1. The van der Waals surface area contributed by atoms with Crippen molar-refractivity contribution >= 4 is 15.9 Å². The summed E-state index contributed by atoms with van der Waals surface area (Å²) in [6, 6.07) is 0. The molecule has 0 fully saturated rings. The molecule has 0 saturated heterocycles. The average molecular weight is 231 g/mol. The second kappa shape index (κ2) is 4.65. The highest BCUT2D eigenvalue weighted by Crippen LogP contribution is 2.10. The van der Waals surface area contributed by atoms with Gasteiger partial charge in [-0.1, -0.05) is 22.9 Å². The van der Waals surface area contributed by atoms with Crippen LogP contribution in [0.3, 0.4) is 0 Å². The minimum Gasteiger partial charge on any atom is -0.276 e. The first-order valence-corrected chi connectivity index (χ1v) is 5.21. The van der Waals surface area contributed by atoms with Gasteiger partial charge in [0.25, 0.3) is 0 Å². The molecule has 0 aliphatic rings. The summed E-state index contributed by atoms with van der Waals surface area (Å²) < 4.78 is 1.85. The lowest BCUT2D eigenvalue weighted by Gasteiger charge is -2.00. The molecule has 1 rings (SSSR count). The van der Waals surface area contributed by atoms with Crippen molar-refractivity contribution in [2.75, 3.05) is 0 Å². The summed E-state index contributed by atoms with van der Waals surface area (Å²) in [6.45, 7) is 2.18. The maximum Gasteiger partial charge on any atom is 0.0521 e. The Balaban J connectivity index is 2.24. The first kappa shape index (κ1) is 9.78. The van der Waals surface area contributed by atoms with E-state index in [0.29, 0.717) is 4.83 Å². The highest BCUT2D eigenvalue weighted by molar-refractivity contribution is 9.09. The van der Waals surface area contributed by atoms with Gasteiger partial charge in [0.2, 0.25) is 0 Å². The molecule has 12 heavy (non-hydrogen) atoms. The highest BCUT2D eigenvalue weighted by Gasteiger charge is 1.98. The Bertz CT molecular complexity index is 230. The molecule has 68 valence electrons. The number of aromatic nitrogens is 2. The Hall–Kier alpha value is -0.310. The van der Waals surface area contributed by atoms with Gasteiger partial charge in [0.15, 0.2) is 0 Å². The Morgan fingerprint density at radius 3 is 2.92 bits per heavy atom. The van der Waals surface area contributed by atoms with E-state index in [2.05, 4.69) is 34.1 Å². The van der Waals surface area contributed by atoms with E-state index in [1.807, 2.05) is 17.9 Å². The fourth-order valence-electron chi connectivity index (χ4n) is 1.19. The summed E-state index contributed by atoms with van der Waals surface area (Å²) in [5.41, 5.74) is 1.34. The van der Waals surface area contributed by atoms with Crippen LogP contribution >= 0.6 is 15.9 Å². The summed E-state index contributed by atoms with van der Waals surface area (Å²) in [7, 11) is 1.95. The molecule has 1 aromatic rings. The molecular formula is C9H15BrN2. The van der Waals surface area contributed by atoms with Crippen LogP contribution in [0, 0.1) is 0 Å². The van der Waals surface area contributed by atoms with E-state index < -0.39 is 0 Å². The first-order chi connectivity index (χ1) is 5.68. The maximum atomic E-state index is 4.12. The van der Waals surface area contributed by atoms with Gasteiger partial charge in [0.1, 0.15) is 0 Å². The van der Waals surface area contributed by atoms with Gasteiger partial charge in [-0.2, -0.15) is 5.10 Å². The molecule has 0 spiro atoms. The standard InChI is InChI=1S/C9H15BrN2/c1-8(10)4-3-5-9-6-11-12(2)7-9/h6-8H,3-5H2,1-2H3. The smallest absolute Gasteiger partial charge is 0.0521 e. The molecule has 0 aromatic carbocycles. The molecule has 1 atom stereocenters. The Kier molecular flexibility index (Phi) is 3.79. The molecule has 0 N–H and O–H groups in total. The number of rotatable bonds is 4. The van der Waals surface area contributed by atoms with Gasteiger partial charge in [-0.15, -0.1) is 0 Å². The van der Waals surface area contributed by atoms with Crippen LogP contribution < -0.4 is 0 Å². The maximum absolute atomic E-state index is 4.12. The second-order valence-corrected chi connectivity index (χ2v) is 4.76. The van der Waals surface area contributed by atoms with Gasteiger partial charge in [-0.05, 0) is 24.8 Å². The summed E-state index contributed by atoms with van der Waals surface area (Å²) in [5.74, 6) is 0. The van der Waals surface area contributed by atoms with Crippen LogP contribution in [0.4, 0.5) is 0 Å². The van der Waals surface area contributed by atoms with E-state index in [1.54, 1.807) is 0 Å². The second-order valence-electron chi connectivity index (χ2n) is 3.20. The Morgan fingerprint density at radius 2 is 2.42 bits per heavy atom. The molecule has 3 heteroatoms. The summed E-state index contributed by atoms with van der Waals surface area (Å²) >= 11 is 3.53. The van der Waals surface area contributed by atoms with Crippen LogP contribution in [0.5, 0.6) is 0 Å². The molecule has 2 nitrogen and oxygen atoms in total. The third-order valence-electron chi connectivity index (χ3n) is 1.83. The quantitative estimate of drug-likeness (QED) is 0.728. The van der Waals surface area contributed by atoms with Crippen LogP contribution in [0.2, 0.25) is 0 Å². The molecule has 0 bridgehead atoms. The number of aryl methyl sites for hydroxylation is 2. The predicted octanol–water partition coefficient (Wildman–Crippen LogP) is 2.53. The van der Waals surface area contributed by atoms with E-state index in [0.717, 1.165) is 6.42 Å². The van der Waals surface area contributed by atoms with Gasteiger partial charge in [-0.3, -0.25) is 4.68 Å². The lowest BCUT2D eigenvalue weighted by Crippen LogP contribution is -1.91. The summed E-state index contributed by atoms with van der Waals surface area (Å²) in [5, 5.41) is 4.12. The van der Waals surface area contributed by atoms with E-state index in [4.69, 9.17) is 0 Å². The fraction of sp³-hybridized carbons (Fsp3) is 0.667. The zero-order valence-corrected chi connectivity index (χ0v) is 9.21. The number of alkyl halides is 1. The Labute approximate surface area is 82.1 Å². The van der Waals surface area contributed by atoms with E-state index >= 15 is 0 Å². The van der Waals surface area contributed by atoms with Crippen LogP contribution in [-0.2, 0) is 13.5 Å².